The summed E-state index contributed by atoms with van der Waals surface area (Å²) >= 11 is 1.72. The SMILES string of the molecule is C=CCN(Cc1ccccc1)C(=O)[C@@H]1[C@H]2C(=O)N(CCCCCCO)C(C(=O)N(CC=C)c3cc(C)ccc3C)C23CC[C@@]1(C)S3. The number of hydrogen-bond donors (Lipinski definition) is 1. The molecular weight excluding hydrogens is 595 g/mol. The minimum absolute atomic E-state index is 0.0350. The van der Waals surface area contributed by atoms with Crippen LogP contribution < -0.4 is 4.90 Å². The van der Waals surface area contributed by atoms with Crippen molar-refractivity contribution in [2.45, 2.75) is 81.4 Å². The molecule has 2 aromatic carbocycles. The third-order valence-electron chi connectivity index (χ3n) is 10.2. The lowest BCUT2D eigenvalue weighted by molar-refractivity contribution is -0.145. The van der Waals surface area contributed by atoms with E-state index in [1.54, 1.807) is 28.8 Å². The maximum Gasteiger partial charge on any atom is 0.251 e. The van der Waals surface area contributed by atoms with Crippen LogP contribution in [0.15, 0.2) is 73.8 Å². The number of fused-ring (bicyclic) bond motifs is 1. The van der Waals surface area contributed by atoms with Gasteiger partial charge >= 0.3 is 0 Å². The number of anilines is 1. The number of thioether (sulfide) groups is 1. The van der Waals surface area contributed by atoms with E-state index in [1.807, 2.05) is 72.2 Å². The number of carbonyl (C=O) groups is 3. The van der Waals surface area contributed by atoms with Crippen LogP contribution in [0.4, 0.5) is 5.69 Å². The number of aryl methyl sites for hydroxylation is 2. The Morgan fingerprint density at radius 1 is 1.00 bits per heavy atom. The molecule has 0 aromatic heterocycles. The number of carbonyl (C=O) groups excluding carboxylic acids is 3. The molecule has 5 rings (SSSR count). The van der Waals surface area contributed by atoms with Gasteiger partial charge in [0.25, 0.3) is 5.91 Å². The topological polar surface area (TPSA) is 81.2 Å². The molecule has 0 radical (unpaired) electrons. The van der Waals surface area contributed by atoms with Crippen molar-refractivity contribution in [1.82, 2.24) is 9.80 Å². The van der Waals surface area contributed by atoms with Gasteiger partial charge in [-0.3, -0.25) is 14.4 Å². The minimum atomic E-state index is -0.696. The second-order valence-corrected chi connectivity index (χ2v) is 15.3. The zero-order chi connectivity index (χ0) is 33.1. The van der Waals surface area contributed by atoms with Crippen molar-refractivity contribution in [3.63, 3.8) is 0 Å². The van der Waals surface area contributed by atoms with Gasteiger partial charge in [0.15, 0.2) is 0 Å². The average molecular weight is 644 g/mol. The van der Waals surface area contributed by atoms with Gasteiger partial charge in [-0.15, -0.1) is 24.9 Å². The molecule has 1 N–H and O–H groups in total. The lowest BCUT2D eigenvalue weighted by atomic mass is 9.66. The van der Waals surface area contributed by atoms with E-state index >= 15 is 4.79 Å². The van der Waals surface area contributed by atoms with Gasteiger partial charge in [-0.25, -0.2) is 0 Å². The third-order valence-corrected chi connectivity index (χ3v) is 12.2. The van der Waals surface area contributed by atoms with Crippen LogP contribution in [0.3, 0.4) is 0 Å². The smallest absolute Gasteiger partial charge is 0.251 e. The van der Waals surface area contributed by atoms with Gasteiger partial charge in [-0.1, -0.05) is 67.5 Å². The molecule has 1 spiro atoms. The van der Waals surface area contributed by atoms with Crippen molar-refractivity contribution >= 4 is 35.2 Å². The fourth-order valence-electron chi connectivity index (χ4n) is 8.05. The average Bonchev–Trinajstić information content (AvgIpc) is 3.61. The highest BCUT2D eigenvalue weighted by atomic mass is 32.2. The largest absolute Gasteiger partial charge is 0.396 e. The van der Waals surface area contributed by atoms with Crippen LogP contribution in [-0.2, 0) is 20.9 Å². The summed E-state index contributed by atoms with van der Waals surface area (Å²) in [7, 11) is 0. The molecule has 3 aliphatic heterocycles. The Bertz CT molecular complexity index is 1460. The highest BCUT2D eigenvalue weighted by molar-refractivity contribution is 8.02. The van der Waals surface area contributed by atoms with Crippen LogP contribution >= 0.6 is 11.8 Å². The second-order valence-electron chi connectivity index (χ2n) is 13.4. The summed E-state index contributed by atoms with van der Waals surface area (Å²) in [6.07, 6.45) is 8.14. The summed E-state index contributed by atoms with van der Waals surface area (Å²) in [4.78, 5) is 49.8. The standard InChI is InChI=1S/C38H49N3O4S/c1-6-21-39(26-29-15-11-10-12-16-29)34(43)31-32-35(44)41(23-13-8-9-14-24-42)33(38(32)20-19-37(31,5)46-38)36(45)40(22-7-2)30-25-27(3)17-18-28(30)4/h6-7,10-12,15-18,25,31-33,42H,1-2,8-9,13-14,19-24,26H2,3-5H3/t31-,32-,33?,37+,38?/m0/s1. The van der Waals surface area contributed by atoms with Crippen molar-refractivity contribution in [1.29, 1.82) is 0 Å². The molecule has 2 bridgehead atoms. The van der Waals surface area contributed by atoms with E-state index < -0.39 is 27.4 Å². The molecular formula is C38H49N3O4S. The van der Waals surface area contributed by atoms with E-state index in [4.69, 9.17) is 0 Å². The molecule has 3 aliphatic rings. The number of aliphatic hydroxyl groups is 1. The predicted octanol–water partition coefficient (Wildman–Crippen LogP) is 6.07. The lowest BCUT2D eigenvalue weighted by Crippen LogP contribution is -2.55. The first kappa shape index (κ1) is 34.0. The molecule has 5 atom stereocenters. The number of nitrogens with zero attached hydrogens (tertiary/aromatic N) is 3. The Hall–Kier alpha value is -3.36. The van der Waals surface area contributed by atoms with Crippen molar-refractivity contribution in [3.8, 4) is 0 Å². The van der Waals surface area contributed by atoms with Gasteiger partial charge in [0.2, 0.25) is 11.8 Å². The molecule has 3 heterocycles. The summed E-state index contributed by atoms with van der Waals surface area (Å²) in [6, 6.07) is 15.3. The minimum Gasteiger partial charge on any atom is -0.396 e. The Morgan fingerprint density at radius 2 is 1.72 bits per heavy atom. The number of benzene rings is 2. The van der Waals surface area contributed by atoms with Crippen molar-refractivity contribution in [2.75, 3.05) is 31.1 Å². The number of aliphatic hydroxyl groups excluding tert-OH is 1. The summed E-state index contributed by atoms with van der Waals surface area (Å²) in [5.41, 5.74) is 3.89. The van der Waals surface area contributed by atoms with Crippen LogP contribution in [0.25, 0.3) is 0 Å². The summed E-state index contributed by atoms with van der Waals surface area (Å²) in [6.45, 7) is 15.8. The van der Waals surface area contributed by atoms with Crippen molar-refractivity contribution in [2.24, 2.45) is 11.8 Å². The van der Waals surface area contributed by atoms with Crippen LogP contribution in [0.5, 0.6) is 0 Å². The Kier molecular flexibility index (Phi) is 10.5. The molecule has 0 aliphatic carbocycles. The van der Waals surface area contributed by atoms with Crippen LogP contribution in [0, 0.1) is 25.7 Å². The molecule has 3 fully saturated rings. The van der Waals surface area contributed by atoms with Gasteiger partial charge in [-0.2, -0.15) is 0 Å². The fourth-order valence-corrected chi connectivity index (χ4v) is 10.4. The number of amides is 3. The van der Waals surface area contributed by atoms with Gasteiger partial charge in [0.1, 0.15) is 6.04 Å². The van der Waals surface area contributed by atoms with E-state index in [1.165, 1.54) is 0 Å². The van der Waals surface area contributed by atoms with Crippen LogP contribution in [0.2, 0.25) is 0 Å². The van der Waals surface area contributed by atoms with E-state index in [-0.39, 0.29) is 24.3 Å². The maximum absolute atomic E-state index is 15.0. The molecule has 0 saturated carbocycles. The molecule has 3 saturated heterocycles. The van der Waals surface area contributed by atoms with Crippen molar-refractivity contribution < 1.29 is 19.5 Å². The lowest BCUT2D eigenvalue weighted by Gasteiger charge is -2.38. The van der Waals surface area contributed by atoms with Gasteiger partial charge in [0, 0.05) is 43.2 Å². The Balaban J connectivity index is 1.55. The van der Waals surface area contributed by atoms with E-state index in [0.29, 0.717) is 39.0 Å². The highest BCUT2D eigenvalue weighted by Crippen LogP contribution is 2.71. The fraction of sp³-hybridized carbons (Fsp3) is 0.500. The summed E-state index contributed by atoms with van der Waals surface area (Å²) < 4.78 is -1.15. The molecule has 7 nitrogen and oxygen atoms in total. The third kappa shape index (κ3) is 6.18. The first-order chi connectivity index (χ1) is 22.1. The predicted molar refractivity (Wildman–Crippen MR) is 187 cm³/mol. The van der Waals surface area contributed by atoms with E-state index in [9.17, 15) is 14.7 Å². The number of hydrogen-bond acceptors (Lipinski definition) is 5. The zero-order valence-electron chi connectivity index (χ0n) is 27.6. The molecule has 246 valence electrons. The Morgan fingerprint density at radius 3 is 2.41 bits per heavy atom. The van der Waals surface area contributed by atoms with Crippen LogP contribution in [0.1, 0.15) is 62.1 Å². The van der Waals surface area contributed by atoms with Gasteiger partial charge in [0.05, 0.1) is 16.6 Å². The molecule has 2 unspecified atom stereocenters. The molecule has 3 amide bonds. The number of rotatable bonds is 15. The quantitative estimate of drug-likeness (QED) is 0.188. The van der Waals surface area contributed by atoms with Gasteiger partial charge in [-0.05, 0) is 69.2 Å². The molecule has 2 aromatic rings. The van der Waals surface area contributed by atoms with E-state index in [0.717, 1.165) is 48.1 Å². The molecule has 46 heavy (non-hydrogen) atoms. The van der Waals surface area contributed by atoms with Crippen LogP contribution in [-0.4, -0.2) is 74.4 Å². The summed E-state index contributed by atoms with van der Waals surface area (Å²) in [5, 5.41) is 9.29. The summed E-state index contributed by atoms with van der Waals surface area (Å²) in [5.74, 6) is -1.33. The Labute approximate surface area is 278 Å². The normalized spacial score (nSPS) is 26.2. The zero-order valence-corrected chi connectivity index (χ0v) is 28.4. The number of unbranched alkanes of at least 4 members (excludes halogenated alkanes) is 3. The monoisotopic (exact) mass is 643 g/mol. The van der Waals surface area contributed by atoms with Gasteiger partial charge < -0.3 is 19.8 Å². The maximum atomic E-state index is 15.0. The van der Waals surface area contributed by atoms with E-state index in [2.05, 4.69) is 20.1 Å². The second kappa shape index (κ2) is 14.2. The highest BCUT2D eigenvalue weighted by Gasteiger charge is 2.77. The first-order valence-electron chi connectivity index (χ1n) is 16.7. The molecule has 8 heteroatoms. The first-order valence-corrected chi connectivity index (χ1v) is 17.5. The number of likely N-dealkylation sites (tertiary alicyclic amines) is 1. The van der Waals surface area contributed by atoms with Crippen molar-refractivity contribution in [3.05, 3.63) is 90.5 Å².